The highest BCUT2D eigenvalue weighted by Gasteiger charge is 2.17. The third-order valence-corrected chi connectivity index (χ3v) is 6.31. The number of phenols is 1. The zero-order chi connectivity index (χ0) is 24.5. The molecule has 5 rings (SSSR count). The van der Waals surface area contributed by atoms with Crippen LogP contribution in [-0.2, 0) is 4.74 Å². The minimum absolute atomic E-state index is 0.158. The zero-order valence-electron chi connectivity index (χ0n) is 19.9. The van der Waals surface area contributed by atoms with Crippen LogP contribution in [0.1, 0.15) is 34.2 Å². The van der Waals surface area contributed by atoms with Crippen LogP contribution in [0.15, 0.2) is 84.0 Å². The van der Waals surface area contributed by atoms with E-state index in [0.717, 1.165) is 38.4 Å². The first-order valence-electron chi connectivity index (χ1n) is 11.6. The van der Waals surface area contributed by atoms with Crippen molar-refractivity contribution in [2.24, 2.45) is 5.10 Å². The molecule has 0 saturated heterocycles. The third-order valence-electron chi connectivity index (χ3n) is 6.31. The van der Waals surface area contributed by atoms with Crippen LogP contribution in [0.25, 0.3) is 32.7 Å². The number of benzene rings is 4. The first kappa shape index (κ1) is 22.4. The maximum atomic E-state index is 12.2. The highest BCUT2D eigenvalue weighted by Crippen LogP contribution is 2.41. The molecular formula is C30H26N2O3. The molecule has 1 aromatic heterocycles. The molecule has 0 spiro atoms. The van der Waals surface area contributed by atoms with Gasteiger partial charge in [0.1, 0.15) is 5.75 Å². The van der Waals surface area contributed by atoms with Gasteiger partial charge in [-0.15, -0.1) is 0 Å². The number of hydrogen-bond acceptors (Lipinski definition) is 4. The van der Waals surface area contributed by atoms with Gasteiger partial charge < -0.3 is 9.84 Å². The van der Waals surface area contributed by atoms with E-state index in [1.54, 1.807) is 23.9 Å². The second-order valence-corrected chi connectivity index (χ2v) is 8.50. The summed E-state index contributed by atoms with van der Waals surface area (Å²) in [5.41, 5.74) is 4.30. The Morgan fingerprint density at radius 3 is 2.26 bits per heavy atom. The van der Waals surface area contributed by atoms with E-state index >= 15 is 0 Å². The van der Waals surface area contributed by atoms with Gasteiger partial charge in [0.05, 0.1) is 24.1 Å². The van der Waals surface area contributed by atoms with Crippen molar-refractivity contribution in [3.8, 4) is 16.9 Å². The van der Waals surface area contributed by atoms with Gasteiger partial charge in [0.25, 0.3) is 0 Å². The lowest BCUT2D eigenvalue weighted by Gasteiger charge is -2.14. The summed E-state index contributed by atoms with van der Waals surface area (Å²) < 4.78 is 6.84. The summed E-state index contributed by atoms with van der Waals surface area (Å²) in [7, 11) is 0. The maximum absolute atomic E-state index is 12.2. The number of phenolic OH excluding ortho intramolecular Hbond substituents is 1. The van der Waals surface area contributed by atoms with Crippen molar-refractivity contribution in [1.29, 1.82) is 0 Å². The summed E-state index contributed by atoms with van der Waals surface area (Å²) >= 11 is 0. The Hall–Kier alpha value is -4.38. The molecular weight excluding hydrogens is 436 g/mol. The summed E-state index contributed by atoms with van der Waals surface area (Å²) in [6, 6.07) is 26.1. The van der Waals surface area contributed by atoms with Gasteiger partial charge in [-0.3, -0.25) is 0 Å². The lowest BCUT2D eigenvalue weighted by atomic mass is 9.91. The zero-order valence-corrected chi connectivity index (χ0v) is 19.9. The number of para-hydroxylation sites is 1. The molecule has 4 aromatic carbocycles. The number of rotatable bonds is 5. The quantitative estimate of drug-likeness (QED) is 0.177. The predicted octanol–water partition coefficient (Wildman–Crippen LogP) is 6.84. The van der Waals surface area contributed by atoms with E-state index < -0.39 is 0 Å². The Balaban J connectivity index is 1.63. The molecule has 1 heterocycles. The number of aryl methyl sites for hydroxylation is 1. The molecule has 0 bridgehead atoms. The van der Waals surface area contributed by atoms with Crippen LogP contribution in [-0.4, -0.2) is 28.6 Å². The van der Waals surface area contributed by atoms with Crippen LogP contribution in [0, 0.1) is 13.8 Å². The van der Waals surface area contributed by atoms with Gasteiger partial charge in [0, 0.05) is 22.4 Å². The van der Waals surface area contributed by atoms with Gasteiger partial charge >= 0.3 is 5.97 Å². The van der Waals surface area contributed by atoms with Crippen molar-refractivity contribution >= 4 is 33.7 Å². The third kappa shape index (κ3) is 3.95. The number of hydrogen-bond donors (Lipinski definition) is 1. The standard InChI is InChI=1S/C30H26N2O3/c1-4-35-30(34)27-16-19(2)32(20(27)3)31-18-23-12-9-15-26(29(23)33)28-24-13-7-5-10-21(24)17-22-11-6-8-14-25(22)28/h5-18,33H,4H2,1-3H3/b31-18-. The lowest BCUT2D eigenvalue weighted by Crippen LogP contribution is -2.06. The summed E-state index contributed by atoms with van der Waals surface area (Å²) in [6.07, 6.45) is 1.63. The van der Waals surface area contributed by atoms with E-state index in [1.807, 2.05) is 56.3 Å². The Kier molecular flexibility index (Phi) is 5.83. The molecule has 5 nitrogen and oxygen atoms in total. The second kappa shape index (κ2) is 9.11. The van der Waals surface area contributed by atoms with E-state index in [1.165, 1.54) is 0 Å². The van der Waals surface area contributed by atoms with Crippen molar-refractivity contribution in [3.63, 3.8) is 0 Å². The number of esters is 1. The van der Waals surface area contributed by atoms with Crippen molar-refractivity contribution in [2.75, 3.05) is 6.61 Å². The second-order valence-electron chi connectivity index (χ2n) is 8.50. The van der Waals surface area contributed by atoms with E-state index in [2.05, 4.69) is 35.4 Å². The molecule has 0 aliphatic rings. The van der Waals surface area contributed by atoms with Crippen molar-refractivity contribution in [3.05, 3.63) is 101 Å². The molecule has 5 aromatic rings. The highest BCUT2D eigenvalue weighted by molar-refractivity contribution is 6.14. The van der Waals surface area contributed by atoms with E-state index in [9.17, 15) is 9.90 Å². The van der Waals surface area contributed by atoms with Crippen molar-refractivity contribution < 1.29 is 14.6 Å². The van der Waals surface area contributed by atoms with Crippen molar-refractivity contribution in [2.45, 2.75) is 20.8 Å². The lowest BCUT2D eigenvalue weighted by molar-refractivity contribution is 0.0525. The SMILES string of the molecule is CCOC(=O)c1cc(C)n(/N=C\c2cccc(-c3c4ccccc4cc4ccccc34)c2O)c1C. The van der Waals surface area contributed by atoms with Gasteiger partial charge in [-0.25, -0.2) is 9.47 Å². The topological polar surface area (TPSA) is 63.8 Å². The van der Waals surface area contributed by atoms with Crippen LogP contribution in [0.2, 0.25) is 0 Å². The van der Waals surface area contributed by atoms with Gasteiger partial charge in [-0.1, -0.05) is 60.7 Å². The molecule has 174 valence electrons. The van der Waals surface area contributed by atoms with E-state index in [0.29, 0.717) is 23.4 Å². The Morgan fingerprint density at radius 1 is 0.943 bits per heavy atom. The fraction of sp³-hybridized carbons (Fsp3) is 0.133. The van der Waals surface area contributed by atoms with Gasteiger partial charge in [-0.05, 0) is 60.5 Å². The van der Waals surface area contributed by atoms with Crippen LogP contribution in [0.4, 0.5) is 0 Å². The van der Waals surface area contributed by atoms with Crippen LogP contribution < -0.4 is 0 Å². The number of aromatic hydroxyl groups is 1. The highest BCUT2D eigenvalue weighted by atomic mass is 16.5. The number of nitrogens with zero attached hydrogens (tertiary/aromatic N) is 2. The molecule has 0 aliphatic carbocycles. The monoisotopic (exact) mass is 462 g/mol. The van der Waals surface area contributed by atoms with Crippen LogP contribution >= 0.6 is 0 Å². The van der Waals surface area contributed by atoms with E-state index in [-0.39, 0.29) is 11.7 Å². The van der Waals surface area contributed by atoms with Gasteiger partial charge in [0.2, 0.25) is 0 Å². The fourth-order valence-corrected chi connectivity index (χ4v) is 4.64. The van der Waals surface area contributed by atoms with Crippen LogP contribution in [0.3, 0.4) is 0 Å². The van der Waals surface area contributed by atoms with Crippen LogP contribution in [0.5, 0.6) is 5.75 Å². The Morgan fingerprint density at radius 2 is 1.60 bits per heavy atom. The Labute approximate surface area is 203 Å². The number of carbonyl (C=O) groups is 1. The minimum atomic E-state index is -0.366. The molecule has 0 amide bonds. The molecule has 0 saturated carbocycles. The molecule has 0 atom stereocenters. The van der Waals surface area contributed by atoms with Gasteiger partial charge in [-0.2, -0.15) is 5.10 Å². The number of fused-ring (bicyclic) bond motifs is 2. The summed E-state index contributed by atoms with van der Waals surface area (Å²) in [6.45, 7) is 5.81. The van der Waals surface area contributed by atoms with Crippen molar-refractivity contribution in [1.82, 2.24) is 4.68 Å². The summed E-state index contributed by atoms with van der Waals surface area (Å²) in [5, 5.41) is 20.3. The molecule has 35 heavy (non-hydrogen) atoms. The molecule has 1 N–H and O–H groups in total. The minimum Gasteiger partial charge on any atom is -0.507 e. The number of ether oxygens (including phenoxy) is 1. The molecule has 0 fully saturated rings. The first-order valence-corrected chi connectivity index (χ1v) is 11.6. The number of carbonyl (C=O) groups excluding carboxylic acids is 1. The largest absolute Gasteiger partial charge is 0.507 e. The Bertz CT molecular complexity index is 1560. The average molecular weight is 463 g/mol. The number of aromatic nitrogens is 1. The molecule has 0 aliphatic heterocycles. The average Bonchev–Trinajstić information content (AvgIpc) is 3.15. The van der Waals surface area contributed by atoms with Gasteiger partial charge in [0.15, 0.2) is 0 Å². The summed E-state index contributed by atoms with van der Waals surface area (Å²) in [4.78, 5) is 12.2. The predicted molar refractivity (Wildman–Crippen MR) is 141 cm³/mol. The summed E-state index contributed by atoms with van der Waals surface area (Å²) in [5.74, 6) is -0.208. The maximum Gasteiger partial charge on any atom is 0.340 e. The van der Waals surface area contributed by atoms with E-state index in [4.69, 9.17) is 4.74 Å². The fourth-order valence-electron chi connectivity index (χ4n) is 4.64. The first-order chi connectivity index (χ1) is 17.0. The molecule has 0 unspecified atom stereocenters. The molecule has 5 heteroatoms. The smallest absolute Gasteiger partial charge is 0.340 e. The molecule has 0 radical (unpaired) electrons. The normalized spacial score (nSPS) is 11.5.